The van der Waals surface area contributed by atoms with Crippen molar-refractivity contribution in [2.45, 2.75) is 12.1 Å². The minimum Gasteiger partial charge on any atom is -0.343 e. The molecule has 7 heteroatoms. The number of thiophene rings is 1. The van der Waals surface area contributed by atoms with Crippen molar-refractivity contribution in [2.75, 3.05) is 26.2 Å². The second-order valence-electron chi connectivity index (χ2n) is 6.90. The number of carbonyl (C=O) groups is 1. The monoisotopic (exact) mass is 428 g/mol. The smallest absolute Gasteiger partial charge is 0.234 e. The summed E-state index contributed by atoms with van der Waals surface area (Å²) in [6.45, 7) is 2.92. The summed E-state index contributed by atoms with van der Waals surface area (Å²) in [5, 5.41) is 8.72. The van der Waals surface area contributed by atoms with E-state index in [0.29, 0.717) is 6.54 Å². The molecule has 0 saturated carbocycles. The number of aromatic nitrogens is 1. The minimum atomic E-state index is -0.117. The number of nitrogens with zero attached hydrogens (tertiary/aromatic N) is 2. The standard InChI is InChI=1S/C22H24N4OS.ClH/c27-21(16-26-12-11-24-15-19(26)18-8-4-10-23-14-18)25-22(20-9-5-13-28-20)17-6-2-1-3-7-17;/h1-10,13-14,19,22,24H,11-12,15-16H2,(H,25,27);1H. The summed E-state index contributed by atoms with van der Waals surface area (Å²) in [6.07, 6.45) is 3.67. The maximum atomic E-state index is 13.0. The number of amides is 1. The summed E-state index contributed by atoms with van der Waals surface area (Å²) in [4.78, 5) is 20.6. The zero-order chi connectivity index (χ0) is 19.2. The van der Waals surface area contributed by atoms with E-state index in [0.717, 1.165) is 35.6 Å². The normalized spacial score (nSPS) is 17.9. The summed E-state index contributed by atoms with van der Waals surface area (Å²) < 4.78 is 0. The number of nitrogens with one attached hydrogen (secondary N) is 2. The van der Waals surface area contributed by atoms with Gasteiger partial charge in [-0.2, -0.15) is 0 Å². The molecule has 2 N–H and O–H groups in total. The highest BCUT2D eigenvalue weighted by atomic mass is 35.5. The van der Waals surface area contributed by atoms with Gasteiger partial charge in [0.05, 0.1) is 12.6 Å². The Morgan fingerprint density at radius 2 is 2.07 bits per heavy atom. The Balaban J connectivity index is 0.00000240. The van der Waals surface area contributed by atoms with E-state index in [1.165, 1.54) is 0 Å². The van der Waals surface area contributed by atoms with E-state index in [1.807, 2.05) is 41.9 Å². The van der Waals surface area contributed by atoms with Crippen LogP contribution in [0.15, 0.2) is 72.4 Å². The van der Waals surface area contributed by atoms with Crippen molar-refractivity contribution in [3.05, 3.63) is 88.4 Å². The van der Waals surface area contributed by atoms with Gasteiger partial charge < -0.3 is 10.6 Å². The highest BCUT2D eigenvalue weighted by Crippen LogP contribution is 2.26. The van der Waals surface area contributed by atoms with Crippen LogP contribution in [0.3, 0.4) is 0 Å². The Hall–Kier alpha value is -2.25. The molecule has 1 amide bonds. The number of pyridine rings is 1. The van der Waals surface area contributed by atoms with Crippen molar-refractivity contribution >= 4 is 29.7 Å². The maximum Gasteiger partial charge on any atom is 0.234 e. The van der Waals surface area contributed by atoms with Crippen LogP contribution in [0.5, 0.6) is 0 Å². The van der Waals surface area contributed by atoms with Gasteiger partial charge in [0, 0.05) is 42.9 Å². The van der Waals surface area contributed by atoms with Crippen LogP contribution in [0.25, 0.3) is 0 Å². The lowest BCUT2D eigenvalue weighted by Gasteiger charge is -2.36. The van der Waals surface area contributed by atoms with E-state index in [9.17, 15) is 4.79 Å². The van der Waals surface area contributed by atoms with Crippen LogP contribution < -0.4 is 10.6 Å². The molecule has 29 heavy (non-hydrogen) atoms. The molecule has 1 aromatic carbocycles. The summed E-state index contributed by atoms with van der Waals surface area (Å²) in [5.74, 6) is 0.0399. The molecule has 2 unspecified atom stereocenters. The van der Waals surface area contributed by atoms with Crippen LogP contribution in [-0.2, 0) is 4.79 Å². The zero-order valence-corrected chi connectivity index (χ0v) is 17.7. The Bertz CT molecular complexity index is 876. The van der Waals surface area contributed by atoms with Crippen molar-refractivity contribution < 1.29 is 4.79 Å². The van der Waals surface area contributed by atoms with Crippen molar-refractivity contribution in [2.24, 2.45) is 0 Å². The van der Waals surface area contributed by atoms with Gasteiger partial charge in [0.2, 0.25) is 5.91 Å². The van der Waals surface area contributed by atoms with E-state index < -0.39 is 0 Å². The Morgan fingerprint density at radius 1 is 1.21 bits per heavy atom. The number of carbonyl (C=O) groups excluding carboxylic acids is 1. The molecular formula is C22H25ClN4OS. The van der Waals surface area contributed by atoms with Crippen LogP contribution in [0, 0.1) is 0 Å². The first kappa shape index (κ1) is 21.5. The highest BCUT2D eigenvalue weighted by Gasteiger charge is 2.27. The van der Waals surface area contributed by atoms with Gasteiger partial charge in [0.1, 0.15) is 0 Å². The Kier molecular flexibility index (Phi) is 7.77. The molecule has 1 saturated heterocycles. The van der Waals surface area contributed by atoms with Gasteiger partial charge >= 0.3 is 0 Å². The molecule has 152 valence electrons. The molecule has 0 spiro atoms. The quantitative estimate of drug-likeness (QED) is 0.631. The third-order valence-corrected chi connectivity index (χ3v) is 5.97. The van der Waals surface area contributed by atoms with Crippen LogP contribution >= 0.6 is 23.7 Å². The van der Waals surface area contributed by atoms with Gasteiger partial charge in [-0.25, -0.2) is 0 Å². The largest absolute Gasteiger partial charge is 0.343 e. The molecule has 0 bridgehead atoms. The molecule has 0 radical (unpaired) electrons. The van der Waals surface area contributed by atoms with Crippen LogP contribution in [-0.4, -0.2) is 42.0 Å². The van der Waals surface area contributed by atoms with Crippen LogP contribution in [0.4, 0.5) is 0 Å². The fourth-order valence-corrected chi connectivity index (χ4v) is 4.45. The number of hydrogen-bond acceptors (Lipinski definition) is 5. The number of halogens is 1. The molecule has 4 rings (SSSR count). The summed E-state index contributed by atoms with van der Waals surface area (Å²) in [6, 6.07) is 18.3. The third kappa shape index (κ3) is 5.42. The predicted octanol–water partition coefficient (Wildman–Crippen LogP) is 3.42. The molecule has 1 fully saturated rings. The van der Waals surface area contributed by atoms with Crippen molar-refractivity contribution in [3.8, 4) is 0 Å². The van der Waals surface area contributed by atoms with Crippen LogP contribution in [0.1, 0.15) is 28.1 Å². The second-order valence-corrected chi connectivity index (χ2v) is 7.88. The topological polar surface area (TPSA) is 57.3 Å². The van der Waals surface area contributed by atoms with Crippen molar-refractivity contribution in [1.82, 2.24) is 20.5 Å². The molecule has 3 heterocycles. The average Bonchev–Trinajstić information content (AvgIpc) is 3.28. The average molecular weight is 429 g/mol. The Morgan fingerprint density at radius 3 is 2.79 bits per heavy atom. The zero-order valence-electron chi connectivity index (χ0n) is 16.0. The van der Waals surface area contributed by atoms with Crippen molar-refractivity contribution in [3.63, 3.8) is 0 Å². The molecular weight excluding hydrogens is 404 g/mol. The lowest BCUT2D eigenvalue weighted by atomic mass is 10.0. The first-order valence-electron chi connectivity index (χ1n) is 9.53. The lowest BCUT2D eigenvalue weighted by Crippen LogP contribution is -2.49. The molecule has 1 aliphatic rings. The lowest BCUT2D eigenvalue weighted by molar-refractivity contribution is -0.123. The van der Waals surface area contributed by atoms with E-state index >= 15 is 0 Å². The summed E-state index contributed by atoms with van der Waals surface area (Å²) >= 11 is 1.66. The molecule has 0 aliphatic carbocycles. The highest BCUT2D eigenvalue weighted by molar-refractivity contribution is 7.10. The third-order valence-electron chi connectivity index (χ3n) is 5.04. The van der Waals surface area contributed by atoms with E-state index in [2.05, 4.69) is 44.8 Å². The van der Waals surface area contributed by atoms with Crippen molar-refractivity contribution in [1.29, 1.82) is 0 Å². The fraction of sp³-hybridized carbons (Fsp3) is 0.273. The van der Waals surface area contributed by atoms with E-state index in [1.54, 1.807) is 17.5 Å². The fourth-order valence-electron chi connectivity index (χ4n) is 3.65. The van der Waals surface area contributed by atoms with Gasteiger partial charge in [-0.1, -0.05) is 42.5 Å². The Labute approximate surface area is 181 Å². The maximum absolute atomic E-state index is 13.0. The molecule has 3 aromatic rings. The number of benzene rings is 1. The molecule has 1 aliphatic heterocycles. The van der Waals surface area contributed by atoms with E-state index in [4.69, 9.17) is 0 Å². The second kappa shape index (κ2) is 10.5. The SMILES string of the molecule is Cl.O=C(CN1CCNCC1c1cccnc1)NC(c1ccccc1)c1cccs1. The first-order chi connectivity index (χ1) is 13.8. The summed E-state index contributed by atoms with van der Waals surface area (Å²) in [7, 11) is 0. The summed E-state index contributed by atoms with van der Waals surface area (Å²) in [5.41, 5.74) is 2.24. The van der Waals surface area contributed by atoms with Gasteiger partial charge in [0.25, 0.3) is 0 Å². The van der Waals surface area contributed by atoms with Gasteiger partial charge in [-0.3, -0.25) is 14.7 Å². The minimum absolute atomic E-state index is 0. The molecule has 2 atom stereocenters. The molecule has 5 nitrogen and oxygen atoms in total. The number of piperazine rings is 1. The van der Waals surface area contributed by atoms with Gasteiger partial charge in [-0.15, -0.1) is 23.7 Å². The number of hydrogen-bond donors (Lipinski definition) is 2. The van der Waals surface area contributed by atoms with Gasteiger partial charge in [0.15, 0.2) is 0 Å². The first-order valence-corrected chi connectivity index (χ1v) is 10.4. The molecule has 2 aromatic heterocycles. The number of rotatable bonds is 6. The van der Waals surface area contributed by atoms with E-state index in [-0.39, 0.29) is 30.4 Å². The van der Waals surface area contributed by atoms with Crippen LogP contribution in [0.2, 0.25) is 0 Å². The van der Waals surface area contributed by atoms with Gasteiger partial charge in [-0.05, 0) is 28.6 Å². The predicted molar refractivity (Wildman–Crippen MR) is 119 cm³/mol.